The van der Waals surface area contributed by atoms with Gasteiger partial charge in [0.25, 0.3) is 0 Å². The van der Waals surface area contributed by atoms with Crippen molar-refractivity contribution in [2.45, 2.75) is 38.8 Å². The first-order chi connectivity index (χ1) is 11.6. The summed E-state index contributed by atoms with van der Waals surface area (Å²) >= 11 is 0. The van der Waals surface area contributed by atoms with Crippen LogP contribution in [0.25, 0.3) is 0 Å². The third-order valence-electron chi connectivity index (χ3n) is 4.82. The van der Waals surface area contributed by atoms with Crippen LogP contribution < -0.4 is 15.0 Å². The number of nitrogens with one attached hydrogen (secondary N) is 1. The Hall–Kier alpha value is -1.89. The summed E-state index contributed by atoms with van der Waals surface area (Å²) in [5.74, 6) is 1.68. The van der Waals surface area contributed by atoms with Crippen molar-refractivity contribution < 1.29 is 9.53 Å². The highest BCUT2D eigenvalue weighted by molar-refractivity contribution is 5.79. The predicted molar refractivity (Wildman–Crippen MR) is 92.2 cm³/mol. The molecule has 2 saturated heterocycles. The van der Waals surface area contributed by atoms with Crippen LogP contribution in [0.2, 0.25) is 0 Å². The molecule has 7 heteroatoms. The summed E-state index contributed by atoms with van der Waals surface area (Å²) in [5, 5.41) is 3.48. The van der Waals surface area contributed by atoms with Gasteiger partial charge in [0.05, 0.1) is 7.11 Å². The number of nitrogens with zero attached hydrogens (tertiary/aromatic N) is 4. The number of methoxy groups -OCH3 is 1. The molecule has 0 bridgehead atoms. The topological polar surface area (TPSA) is 70.6 Å². The third-order valence-corrected chi connectivity index (χ3v) is 4.82. The number of hydrogen-bond donors (Lipinski definition) is 1. The SMILES string of the molecule is COc1ccnc(N2CCC(C(=O)N3C[C@@H](C)N[C@H](C)C3)CC2)n1. The molecule has 132 valence electrons. The van der Waals surface area contributed by atoms with E-state index in [4.69, 9.17) is 4.74 Å². The van der Waals surface area contributed by atoms with Gasteiger partial charge < -0.3 is 19.9 Å². The minimum absolute atomic E-state index is 0.115. The molecule has 1 aromatic rings. The first-order valence-electron chi connectivity index (χ1n) is 8.73. The Labute approximate surface area is 143 Å². The number of anilines is 1. The molecule has 2 fully saturated rings. The van der Waals surface area contributed by atoms with Gasteiger partial charge in [0.15, 0.2) is 0 Å². The lowest BCUT2D eigenvalue weighted by atomic mass is 9.94. The molecule has 3 rings (SSSR count). The number of piperazine rings is 1. The molecular formula is C17H27N5O2. The highest BCUT2D eigenvalue weighted by atomic mass is 16.5. The van der Waals surface area contributed by atoms with Crippen LogP contribution in [0.4, 0.5) is 5.95 Å². The van der Waals surface area contributed by atoms with Crippen molar-refractivity contribution in [1.82, 2.24) is 20.2 Å². The second-order valence-corrected chi connectivity index (χ2v) is 6.87. The summed E-state index contributed by atoms with van der Waals surface area (Å²) in [6.45, 7) is 7.50. The van der Waals surface area contributed by atoms with Crippen LogP contribution in [0.3, 0.4) is 0 Å². The van der Waals surface area contributed by atoms with Crippen LogP contribution in [0, 0.1) is 5.92 Å². The van der Waals surface area contributed by atoms with Crippen molar-refractivity contribution in [1.29, 1.82) is 0 Å². The monoisotopic (exact) mass is 333 g/mol. The van der Waals surface area contributed by atoms with Crippen molar-refractivity contribution in [2.24, 2.45) is 5.92 Å². The van der Waals surface area contributed by atoms with E-state index in [9.17, 15) is 4.79 Å². The highest BCUT2D eigenvalue weighted by Crippen LogP contribution is 2.24. The van der Waals surface area contributed by atoms with Gasteiger partial charge in [0, 0.05) is 56.4 Å². The Morgan fingerprint density at radius 3 is 2.54 bits per heavy atom. The minimum Gasteiger partial charge on any atom is -0.481 e. The first kappa shape index (κ1) is 17.0. The van der Waals surface area contributed by atoms with Crippen molar-refractivity contribution >= 4 is 11.9 Å². The predicted octanol–water partition coefficient (Wildman–Crippen LogP) is 0.910. The Balaban J connectivity index is 1.57. The molecule has 0 aliphatic carbocycles. The summed E-state index contributed by atoms with van der Waals surface area (Å²) in [4.78, 5) is 25.7. The van der Waals surface area contributed by atoms with E-state index in [-0.39, 0.29) is 5.92 Å². The molecule has 1 amide bonds. The fourth-order valence-electron chi connectivity index (χ4n) is 3.69. The number of hydrogen-bond acceptors (Lipinski definition) is 6. The molecule has 3 heterocycles. The van der Waals surface area contributed by atoms with Gasteiger partial charge >= 0.3 is 0 Å². The van der Waals surface area contributed by atoms with Gasteiger partial charge in [-0.3, -0.25) is 4.79 Å². The molecule has 0 radical (unpaired) electrons. The Morgan fingerprint density at radius 1 is 1.25 bits per heavy atom. The Bertz CT molecular complexity index is 564. The number of piperidine rings is 1. The average Bonchev–Trinajstić information content (AvgIpc) is 2.60. The van der Waals surface area contributed by atoms with Crippen LogP contribution >= 0.6 is 0 Å². The van der Waals surface area contributed by atoms with Crippen LogP contribution in [0.15, 0.2) is 12.3 Å². The molecule has 0 spiro atoms. The number of rotatable bonds is 3. The average molecular weight is 333 g/mol. The fourth-order valence-corrected chi connectivity index (χ4v) is 3.69. The summed E-state index contributed by atoms with van der Waals surface area (Å²) < 4.78 is 5.16. The smallest absolute Gasteiger partial charge is 0.228 e. The van der Waals surface area contributed by atoms with Gasteiger partial charge in [0.1, 0.15) is 0 Å². The maximum atomic E-state index is 12.8. The van der Waals surface area contributed by atoms with E-state index in [0.29, 0.717) is 29.8 Å². The zero-order valence-corrected chi connectivity index (χ0v) is 14.7. The fraction of sp³-hybridized carbons (Fsp3) is 0.706. The first-order valence-corrected chi connectivity index (χ1v) is 8.73. The number of ether oxygens (including phenoxy) is 1. The maximum absolute atomic E-state index is 12.8. The van der Waals surface area contributed by atoms with Gasteiger partial charge in [-0.05, 0) is 26.7 Å². The molecule has 7 nitrogen and oxygen atoms in total. The number of amides is 1. The van der Waals surface area contributed by atoms with E-state index in [1.165, 1.54) is 0 Å². The second kappa shape index (κ2) is 7.34. The summed E-state index contributed by atoms with van der Waals surface area (Å²) in [6, 6.07) is 2.47. The zero-order chi connectivity index (χ0) is 17.1. The molecule has 0 unspecified atom stereocenters. The molecule has 2 aliphatic rings. The molecule has 2 aliphatic heterocycles. The van der Waals surface area contributed by atoms with E-state index in [1.54, 1.807) is 19.4 Å². The summed E-state index contributed by atoms with van der Waals surface area (Å²) in [6.07, 6.45) is 3.42. The third kappa shape index (κ3) is 3.77. The molecular weight excluding hydrogens is 306 g/mol. The van der Waals surface area contributed by atoms with Gasteiger partial charge in [0.2, 0.25) is 17.7 Å². The standard InChI is InChI=1S/C17H27N5O2/c1-12-10-22(11-13(2)19-12)16(23)14-5-8-21(9-6-14)17-18-7-4-15(20-17)24-3/h4,7,12-14,19H,5-6,8-11H2,1-3H3/t12-,13-/m1/s1. The molecule has 2 atom stereocenters. The lowest BCUT2D eigenvalue weighted by Crippen LogP contribution is -2.57. The minimum atomic E-state index is 0.115. The van der Waals surface area contributed by atoms with Gasteiger partial charge in [-0.15, -0.1) is 0 Å². The number of carbonyl (C=O) groups excluding carboxylic acids is 1. The largest absolute Gasteiger partial charge is 0.481 e. The van der Waals surface area contributed by atoms with Gasteiger partial charge in [-0.1, -0.05) is 0 Å². The number of carbonyl (C=O) groups is 1. The molecule has 0 saturated carbocycles. The molecule has 0 aromatic carbocycles. The van der Waals surface area contributed by atoms with E-state index >= 15 is 0 Å². The van der Waals surface area contributed by atoms with E-state index < -0.39 is 0 Å². The van der Waals surface area contributed by atoms with Crippen LogP contribution in [0.5, 0.6) is 5.88 Å². The molecule has 24 heavy (non-hydrogen) atoms. The van der Waals surface area contributed by atoms with Crippen LogP contribution in [-0.4, -0.2) is 66.1 Å². The second-order valence-electron chi connectivity index (χ2n) is 6.87. The lowest BCUT2D eigenvalue weighted by Gasteiger charge is -2.39. The van der Waals surface area contributed by atoms with Crippen LogP contribution in [-0.2, 0) is 4.79 Å². The summed E-state index contributed by atoms with van der Waals surface area (Å²) in [5.41, 5.74) is 0. The van der Waals surface area contributed by atoms with E-state index in [1.807, 2.05) is 4.90 Å². The Morgan fingerprint density at radius 2 is 1.92 bits per heavy atom. The lowest BCUT2D eigenvalue weighted by molar-refractivity contribution is -0.138. The van der Waals surface area contributed by atoms with Crippen molar-refractivity contribution in [3.05, 3.63) is 12.3 Å². The Kier molecular flexibility index (Phi) is 5.18. The molecule has 1 N–H and O–H groups in total. The van der Waals surface area contributed by atoms with Crippen LogP contribution in [0.1, 0.15) is 26.7 Å². The van der Waals surface area contributed by atoms with Crippen molar-refractivity contribution in [3.8, 4) is 5.88 Å². The van der Waals surface area contributed by atoms with E-state index in [2.05, 4.69) is 34.0 Å². The van der Waals surface area contributed by atoms with Gasteiger partial charge in [-0.25, -0.2) is 4.98 Å². The van der Waals surface area contributed by atoms with Crippen molar-refractivity contribution in [3.63, 3.8) is 0 Å². The van der Waals surface area contributed by atoms with E-state index in [0.717, 1.165) is 39.0 Å². The zero-order valence-electron chi connectivity index (χ0n) is 14.7. The molecule has 1 aromatic heterocycles. The normalized spacial score (nSPS) is 25.6. The highest BCUT2D eigenvalue weighted by Gasteiger charge is 2.32. The quantitative estimate of drug-likeness (QED) is 0.887. The maximum Gasteiger partial charge on any atom is 0.228 e. The number of aromatic nitrogens is 2. The van der Waals surface area contributed by atoms with Gasteiger partial charge in [-0.2, -0.15) is 4.98 Å². The van der Waals surface area contributed by atoms with Crippen molar-refractivity contribution in [2.75, 3.05) is 38.2 Å². The summed E-state index contributed by atoms with van der Waals surface area (Å²) in [7, 11) is 1.60.